The van der Waals surface area contributed by atoms with E-state index in [9.17, 15) is 22.0 Å². The number of rotatable bonds is 6. The van der Waals surface area contributed by atoms with Crippen molar-refractivity contribution in [3.63, 3.8) is 0 Å². The molecule has 0 radical (unpaired) electrons. The number of nitrogens with one attached hydrogen (secondary N) is 1. The van der Waals surface area contributed by atoms with E-state index in [0.717, 1.165) is 16.5 Å². The number of amides is 1. The maximum Gasteiger partial charge on any atom is 0.248 e. The van der Waals surface area contributed by atoms with Gasteiger partial charge in [0.15, 0.2) is 14.2 Å². The lowest BCUT2D eigenvalue weighted by Gasteiger charge is -2.25. The van der Waals surface area contributed by atoms with Crippen molar-refractivity contribution in [2.24, 2.45) is 0 Å². The first kappa shape index (κ1) is 19.5. The van der Waals surface area contributed by atoms with Gasteiger partial charge in [-0.3, -0.25) is 9.69 Å². The minimum atomic E-state index is -2.97. The number of carbonyl (C=O) groups is 1. The number of halogens is 2. The van der Waals surface area contributed by atoms with Gasteiger partial charge in [0.25, 0.3) is 0 Å². The Morgan fingerprint density at radius 1 is 1.35 bits per heavy atom. The van der Waals surface area contributed by atoms with Crippen LogP contribution in [0.2, 0.25) is 0 Å². The molecule has 1 aromatic heterocycles. The SMILES string of the molecule is O=C(CN1CCS(=O)(=O)CC1)Nc1ccc2nc(SCC(F)F)sc2c1. The average molecular weight is 422 g/mol. The van der Waals surface area contributed by atoms with Gasteiger partial charge in [0, 0.05) is 18.8 Å². The molecule has 11 heteroatoms. The molecule has 1 N–H and O–H groups in total. The number of aromatic nitrogens is 1. The van der Waals surface area contributed by atoms with E-state index in [1.165, 1.54) is 11.3 Å². The Labute approximate surface area is 157 Å². The van der Waals surface area contributed by atoms with Crippen molar-refractivity contribution >= 4 is 54.7 Å². The minimum absolute atomic E-state index is 0.0756. The van der Waals surface area contributed by atoms with Crippen molar-refractivity contribution in [1.29, 1.82) is 0 Å². The molecule has 0 unspecified atom stereocenters. The Balaban J connectivity index is 1.58. The number of thioether (sulfide) groups is 1. The zero-order valence-electron chi connectivity index (χ0n) is 13.7. The average Bonchev–Trinajstić information content (AvgIpc) is 2.97. The maximum atomic E-state index is 12.3. The molecule has 0 aliphatic carbocycles. The lowest BCUT2D eigenvalue weighted by Crippen LogP contribution is -2.43. The maximum absolute atomic E-state index is 12.3. The molecule has 142 valence electrons. The highest BCUT2D eigenvalue weighted by Gasteiger charge is 2.23. The lowest BCUT2D eigenvalue weighted by atomic mass is 10.3. The summed E-state index contributed by atoms with van der Waals surface area (Å²) in [6.07, 6.45) is -2.38. The molecule has 3 rings (SSSR count). The zero-order valence-corrected chi connectivity index (χ0v) is 16.1. The lowest BCUT2D eigenvalue weighted by molar-refractivity contribution is -0.117. The van der Waals surface area contributed by atoms with Crippen LogP contribution in [-0.2, 0) is 14.6 Å². The Bertz CT molecular complexity index is 888. The number of alkyl halides is 2. The van der Waals surface area contributed by atoms with Crippen LogP contribution in [0, 0.1) is 0 Å². The van der Waals surface area contributed by atoms with Crippen molar-refractivity contribution in [3.8, 4) is 0 Å². The molecule has 1 aromatic carbocycles. The van der Waals surface area contributed by atoms with E-state index in [1.807, 2.05) is 0 Å². The van der Waals surface area contributed by atoms with E-state index in [1.54, 1.807) is 23.1 Å². The van der Waals surface area contributed by atoms with Crippen LogP contribution in [0.3, 0.4) is 0 Å². The third-order valence-electron chi connectivity index (χ3n) is 3.79. The third kappa shape index (κ3) is 5.35. The van der Waals surface area contributed by atoms with Gasteiger partial charge in [-0.1, -0.05) is 11.8 Å². The number of sulfone groups is 1. The van der Waals surface area contributed by atoms with Crippen molar-refractivity contribution < 1.29 is 22.0 Å². The van der Waals surface area contributed by atoms with Crippen LogP contribution in [0.15, 0.2) is 22.5 Å². The molecule has 1 aliphatic rings. The fraction of sp³-hybridized carbons (Fsp3) is 0.467. The number of fused-ring (bicyclic) bond motifs is 1. The molecule has 0 saturated carbocycles. The van der Waals surface area contributed by atoms with Crippen molar-refractivity contribution in [2.45, 2.75) is 10.8 Å². The molecule has 1 saturated heterocycles. The fourth-order valence-corrected chi connectivity index (χ4v) is 5.64. The standard InChI is InChI=1S/C15H17F2N3O3S3/c16-13(17)9-24-15-19-11-2-1-10(7-12(11)25-15)18-14(21)8-20-3-5-26(22,23)6-4-20/h1-2,7,13H,3-6,8-9H2,(H,18,21). The van der Waals surface area contributed by atoms with Gasteiger partial charge in [-0.05, 0) is 18.2 Å². The Hall–Kier alpha value is -1.30. The van der Waals surface area contributed by atoms with Crippen LogP contribution in [-0.4, -0.2) is 67.5 Å². The number of carbonyl (C=O) groups excluding carboxylic acids is 1. The predicted octanol–water partition coefficient (Wildman–Crippen LogP) is 2.32. The van der Waals surface area contributed by atoms with Crippen LogP contribution in [0.4, 0.5) is 14.5 Å². The monoisotopic (exact) mass is 421 g/mol. The first-order valence-electron chi connectivity index (χ1n) is 7.85. The molecular weight excluding hydrogens is 404 g/mol. The van der Waals surface area contributed by atoms with Gasteiger partial charge in [-0.15, -0.1) is 11.3 Å². The van der Waals surface area contributed by atoms with E-state index in [4.69, 9.17) is 0 Å². The molecule has 0 bridgehead atoms. The van der Waals surface area contributed by atoms with Crippen LogP contribution in [0.25, 0.3) is 10.2 Å². The van der Waals surface area contributed by atoms with Gasteiger partial charge in [0.05, 0.1) is 34.0 Å². The predicted molar refractivity (Wildman–Crippen MR) is 100 cm³/mol. The Morgan fingerprint density at radius 2 is 2.08 bits per heavy atom. The highest BCUT2D eigenvalue weighted by molar-refractivity contribution is 8.01. The number of anilines is 1. The normalized spacial score (nSPS) is 17.7. The Morgan fingerprint density at radius 3 is 2.77 bits per heavy atom. The topological polar surface area (TPSA) is 79.4 Å². The quantitative estimate of drug-likeness (QED) is 0.722. The second kappa shape index (κ2) is 8.15. The summed E-state index contributed by atoms with van der Waals surface area (Å²) in [4.78, 5) is 18.2. The number of nitrogens with zero attached hydrogens (tertiary/aromatic N) is 2. The van der Waals surface area contributed by atoms with Gasteiger partial charge >= 0.3 is 0 Å². The number of hydrogen-bond donors (Lipinski definition) is 1. The molecule has 1 amide bonds. The van der Waals surface area contributed by atoms with Crippen molar-refractivity contribution in [1.82, 2.24) is 9.88 Å². The van der Waals surface area contributed by atoms with Crippen LogP contribution >= 0.6 is 23.1 Å². The smallest absolute Gasteiger partial charge is 0.248 e. The van der Waals surface area contributed by atoms with E-state index < -0.39 is 16.3 Å². The van der Waals surface area contributed by atoms with Gasteiger partial charge in [-0.25, -0.2) is 22.2 Å². The van der Waals surface area contributed by atoms with Crippen molar-refractivity contribution in [3.05, 3.63) is 18.2 Å². The molecule has 26 heavy (non-hydrogen) atoms. The molecule has 2 heterocycles. The highest BCUT2D eigenvalue weighted by Crippen LogP contribution is 2.31. The minimum Gasteiger partial charge on any atom is -0.325 e. The summed E-state index contributed by atoms with van der Waals surface area (Å²) in [5.41, 5.74) is 1.30. The van der Waals surface area contributed by atoms with Gasteiger partial charge in [0.1, 0.15) is 0 Å². The molecule has 6 nitrogen and oxygen atoms in total. The molecular formula is C15H17F2N3O3S3. The summed E-state index contributed by atoms with van der Waals surface area (Å²) >= 11 is 2.32. The number of hydrogen-bond acceptors (Lipinski definition) is 7. The zero-order chi connectivity index (χ0) is 18.7. The summed E-state index contributed by atoms with van der Waals surface area (Å²) in [7, 11) is -2.97. The van der Waals surface area contributed by atoms with Gasteiger partial charge in [-0.2, -0.15) is 0 Å². The molecule has 0 atom stereocenters. The van der Waals surface area contributed by atoms with Gasteiger partial charge < -0.3 is 5.32 Å². The first-order chi connectivity index (χ1) is 12.3. The largest absolute Gasteiger partial charge is 0.325 e. The highest BCUT2D eigenvalue weighted by atomic mass is 32.2. The number of thiazole rings is 1. The first-order valence-corrected chi connectivity index (χ1v) is 11.5. The molecule has 1 aliphatic heterocycles. The van der Waals surface area contributed by atoms with Crippen LogP contribution in [0.1, 0.15) is 0 Å². The fourth-order valence-electron chi connectivity index (χ4n) is 2.49. The summed E-state index contributed by atoms with van der Waals surface area (Å²) in [6, 6.07) is 5.21. The van der Waals surface area contributed by atoms with Crippen molar-refractivity contribution in [2.75, 3.05) is 42.2 Å². The second-order valence-electron chi connectivity index (χ2n) is 5.84. The van der Waals surface area contributed by atoms with E-state index >= 15 is 0 Å². The summed E-state index contributed by atoms with van der Waals surface area (Å²) in [5, 5.41) is 2.78. The molecule has 0 spiro atoms. The molecule has 1 fully saturated rings. The summed E-state index contributed by atoms with van der Waals surface area (Å²) < 4.78 is 48.8. The summed E-state index contributed by atoms with van der Waals surface area (Å²) in [5.74, 6) is -0.367. The number of benzene rings is 1. The summed E-state index contributed by atoms with van der Waals surface area (Å²) in [6.45, 7) is 0.842. The van der Waals surface area contributed by atoms with Gasteiger partial charge in [0.2, 0.25) is 12.3 Å². The second-order valence-corrected chi connectivity index (χ2v) is 10.4. The van der Waals surface area contributed by atoms with Crippen LogP contribution in [0.5, 0.6) is 0 Å². The Kier molecular flexibility index (Phi) is 6.10. The van der Waals surface area contributed by atoms with E-state index in [0.29, 0.717) is 28.6 Å². The van der Waals surface area contributed by atoms with E-state index in [2.05, 4.69) is 10.3 Å². The van der Waals surface area contributed by atoms with Crippen LogP contribution < -0.4 is 5.32 Å². The van der Waals surface area contributed by atoms with E-state index in [-0.39, 0.29) is 29.7 Å². The molecule has 2 aromatic rings. The third-order valence-corrected chi connectivity index (χ3v) is 7.57.